The van der Waals surface area contributed by atoms with Crippen LogP contribution in [0, 0.1) is 0 Å². The molecule has 0 atom stereocenters. The summed E-state index contributed by atoms with van der Waals surface area (Å²) in [5.41, 5.74) is 5.93. The zero-order chi connectivity index (χ0) is 9.23. The molecule has 0 amide bonds. The van der Waals surface area contributed by atoms with Gasteiger partial charge in [0.1, 0.15) is 0 Å². The number of nitrogens with one attached hydrogen (secondary N) is 2. The Kier molecular flexibility index (Phi) is 8.74. The van der Waals surface area contributed by atoms with Crippen LogP contribution >= 0.6 is 0 Å². The number of hydrazine groups is 2. The lowest BCUT2D eigenvalue weighted by Gasteiger charge is -2.22. The van der Waals surface area contributed by atoms with Crippen molar-refractivity contribution >= 4 is 0 Å². The first-order valence-electron chi connectivity index (χ1n) is 4.31. The fraction of sp³-hybridized carbons (Fsp3) is 1.00. The van der Waals surface area contributed by atoms with Crippen LogP contribution in [-0.2, 0) is 0 Å². The molecule has 74 valence electrons. The maximum Gasteiger partial charge on any atom is 0.0570 e. The van der Waals surface area contributed by atoms with E-state index in [0.717, 1.165) is 13.0 Å². The number of hydrogen-bond donors (Lipinski definition) is 4. The van der Waals surface area contributed by atoms with Crippen LogP contribution in [0.5, 0.6) is 0 Å². The summed E-state index contributed by atoms with van der Waals surface area (Å²) < 4.78 is 0. The minimum absolute atomic E-state index is 0.112. The lowest BCUT2D eigenvalue weighted by Crippen LogP contribution is -2.50. The Balaban J connectivity index is 3.40. The monoisotopic (exact) mass is 177 g/mol. The average Bonchev–Trinajstić information content (AvgIpc) is 2.10. The first-order valence-corrected chi connectivity index (χ1v) is 4.31. The standard InChI is InChI=1S/C7H19N3O2/c1-2-5-10(8-3-6-11)9-4-7-12/h8-9,11-12H,2-7H2,1H3. The topological polar surface area (TPSA) is 67.8 Å². The van der Waals surface area contributed by atoms with E-state index in [-0.39, 0.29) is 13.2 Å². The van der Waals surface area contributed by atoms with Gasteiger partial charge in [0.15, 0.2) is 0 Å². The van der Waals surface area contributed by atoms with Gasteiger partial charge in [0.2, 0.25) is 0 Å². The highest BCUT2D eigenvalue weighted by Crippen LogP contribution is 1.80. The van der Waals surface area contributed by atoms with E-state index in [9.17, 15) is 0 Å². The predicted octanol–water partition coefficient (Wildman–Crippen LogP) is -1.31. The summed E-state index contributed by atoms with van der Waals surface area (Å²) in [4.78, 5) is 0. The van der Waals surface area contributed by atoms with Crippen molar-refractivity contribution in [3.05, 3.63) is 0 Å². The van der Waals surface area contributed by atoms with Crippen LogP contribution in [0.15, 0.2) is 0 Å². The second kappa shape index (κ2) is 8.89. The van der Waals surface area contributed by atoms with Gasteiger partial charge in [-0.05, 0) is 6.42 Å². The van der Waals surface area contributed by atoms with Crippen LogP contribution < -0.4 is 10.9 Å². The van der Waals surface area contributed by atoms with Crippen molar-refractivity contribution in [2.45, 2.75) is 13.3 Å². The minimum Gasteiger partial charge on any atom is -0.395 e. The zero-order valence-corrected chi connectivity index (χ0v) is 7.58. The molecule has 0 saturated carbocycles. The second-order valence-electron chi connectivity index (χ2n) is 2.42. The lowest BCUT2D eigenvalue weighted by molar-refractivity contribution is 0.0911. The molecule has 5 heteroatoms. The molecule has 0 aromatic heterocycles. The van der Waals surface area contributed by atoms with Crippen LogP contribution in [0.25, 0.3) is 0 Å². The van der Waals surface area contributed by atoms with Gasteiger partial charge in [-0.3, -0.25) is 0 Å². The van der Waals surface area contributed by atoms with E-state index in [1.165, 1.54) is 0 Å². The van der Waals surface area contributed by atoms with Crippen LogP contribution in [0.3, 0.4) is 0 Å². The van der Waals surface area contributed by atoms with Gasteiger partial charge in [0.05, 0.1) is 13.2 Å². The van der Waals surface area contributed by atoms with Crippen LogP contribution in [-0.4, -0.2) is 48.2 Å². The Morgan fingerprint density at radius 3 is 1.92 bits per heavy atom. The Labute approximate surface area is 73.3 Å². The summed E-state index contributed by atoms with van der Waals surface area (Å²) in [5, 5.41) is 18.9. The molecule has 4 N–H and O–H groups in total. The SMILES string of the molecule is CCCN(NCCO)NCCO. The molecule has 0 aliphatic heterocycles. The van der Waals surface area contributed by atoms with Gasteiger partial charge in [-0.15, -0.1) is 0 Å². The normalized spacial score (nSPS) is 11.0. The van der Waals surface area contributed by atoms with Gasteiger partial charge in [-0.1, -0.05) is 6.92 Å². The van der Waals surface area contributed by atoms with Gasteiger partial charge in [-0.25, -0.2) is 10.9 Å². The first-order chi connectivity index (χ1) is 5.85. The Morgan fingerprint density at radius 1 is 1.08 bits per heavy atom. The molecule has 0 spiro atoms. The third kappa shape index (κ3) is 6.51. The van der Waals surface area contributed by atoms with Gasteiger partial charge < -0.3 is 10.2 Å². The molecular formula is C7H19N3O2. The molecule has 0 fully saturated rings. The summed E-state index contributed by atoms with van der Waals surface area (Å²) in [6.07, 6.45) is 1.01. The summed E-state index contributed by atoms with van der Waals surface area (Å²) in [5.74, 6) is 0. The van der Waals surface area contributed by atoms with E-state index in [4.69, 9.17) is 10.2 Å². The predicted molar refractivity (Wildman–Crippen MR) is 47.2 cm³/mol. The lowest BCUT2D eigenvalue weighted by atomic mass is 10.5. The zero-order valence-electron chi connectivity index (χ0n) is 7.58. The minimum atomic E-state index is 0.112. The van der Waals surface area contributed by atoms with Crippen LogP contribution in [0.1, 0.15) is 13.3 Å². The first kappa shape index (κ1) is 11.8. The van der Waals surface area contributed by atoms with Crippen molar-refractivity contribution in [3.63, 3.8) is 0 Å². The van der Waals surface area contributed by atoms with Crippen molar-refractivity contribution in [2.75, 3.05) is 32.8 Å². The molecule has 5 nitrogen and oxygen atoms in total. The van der Waals surface area contributed by atoms with E-state index in [2.05, 4.69) is 17.8 Å². The van der Waals surface area contributed by atoms with Gasteiger partial charge >= 0.3 is 0 Å². The summed E-state index contributed by atoms with van der Waals surface area (Å²) in [7, 11) is 0. The van der Waals surface area contributed by atoms with Crippen molar-refractivity contribution in [1.29, 1.82) is 0 Å². The molecule has 0 bridgehead atoms. The maximum absolute atomic E-state index is 8.54. The van der Waals surface area contributed by atoms with Gasteiger partial charge in [0, 0.05) is 19.6 Å². The number of aliphatic hydroxyl groups excluding tert-OH is 2. The van der Waals surface area contributed by atoms with Crippen molar-refractivity contribution in [2.24, 2.45) is 0 Å². The van der Waals surface area contributed by atoms with E-state index in [1.54, 1.807) is 5.12 Å². The van der Waals surface area contributed by atoms with Crippen LogP contribution in [0.2, 0.25) is 0 Å². The van der Waals surface area contributed by atoms with E-state index < -0.39 is 0 Å². The molecule has 0 aliphatic rings. The van der Waals surface area contributed by atoms with E-state index >= 15 is 0 Å². The van der Waals surface area contributed by atoms with Crippen LogP contribution in [0.4, 0.5) is 0 Å². The molecular weight excluding hydrogens is 158 g/mol. The van der Waals surface area contributed by atoms with E-state index in [1.807, 2.05) is 0 Å². The second-order valence-corrected chi connectivity index (χ2v) is 2.42. The summed E-state index contributed by atoms with van der Waals surface area (Å²) in [6.45, 7) is 4.19. The number of nitrogens with zero attached hydrogens (tertiary/aromatic N) is 1. The highest BCUT2D eigenvalue weighted by atomic mass is 16.3. The highest BCUT2D eigenvalue weighted by Gasteiger charge is 1.99. The molecule has 0 aromatic carbocycles. The van der Waals surface area contributed by atoms with Gasteiger partial charge in [-0.2, -0.15) is 5.12 Å². The molecule has 0 radical (unpaired) electrons. The van der Waals surface area contributed by atoms with E-state index in [0.29, 0.717) is 13.1 Å². The van der Waals surface area contributed by atoms with Crippen molar-refractivity contribution in [3.8, 4) is 0 Å². The molecule has 0 unspecified atom stereocenters. The Bertz CT molecular complexity index is 84.7. The largest absolute Gasteiger partial charge is 0.395 e. The fourth-order valence-electron chi connectivity index (χ4n) is 0.808. The quantitative estimate of drug-likeness (QED) is 0.347. The smallest absolute Gasteiger partial charge is 0.0570 e. The highest BCUT2D eigenvalue weighted by molar-refractivity contribution is 4.45. The number of hydrogen-bond acceptors (Lipinski definition) is 5. The molecule has 0 saturated heterocycles. The molecule has 0 heterocycles. The third-order valence-corrected chi connectivity index (χ3v) is 1.28. The average molecular weight is 177 g/mol. The molecule has 0 aliphatic carbocycles. The van der Waals surface area contributed by atoms with Crippen molar-refractivity contribution in [1.82, 2.24) is 16.0 Å². The molecule has 0 aromatic rings. The Morgan fingerprint density at radius 2 is 1.58 bits per heavy atom. The summed E-state index contributed by atoms with van der Waals surface area (Å²) >= 11 is 0. The number of aliphatic hydroxyl groups is 2. The van der Waals surface area contributed by atoms with Gasteiger partial charge in [0.25, 0.3) is 0 Å². The summed E-state index contributed by atoms with van der Waals surface area (Å²) in [6, 6.07) is 0. The maximum atomic E-state index is 8.54. The fourth-order valence-corrected chi connectivity index (χ4v) is 0.808. The molecule has 0 rings (SSSR count). The Hall–Kier alpha value is -0.200. The van der Waals surface area contributed by atoms with Crippen molar-refractivity contribution < 1.29 is 10.2 Å². The number of rotatable bonds is 8. The third-order valence-electron chi connectivity index (χ3n) is 1.28. The molecule has 12 heavy (non-hydrogen) atoms.